The van der Waals surface area contributed by atoms with Crippen molar-refractivity contribution in [3.8, 4) is 0 Å². The molecule has 0 spiro atoms. The van der Waals surface area contributed by atoms with Gasteiger partial charge < -0.3 is 14.8 Å². The number of anilines is 2. The fourth-order valence-corrected chi connectivity index (χ4v) is 2.70. The van der Waals surface area contributed by atoms with Crippen LogP contribution in [-0.2, 0) is 20.7 Å². The van der Waals surface area contributed by atoms with Crippen LogP contribution in [0.5, 0.6) is 0 Å². The first-order valence-corrected chi connectivity index (χ1v) is 8.52. The number of ether oxygens (including phenoxy) is 2. The second kappa shape index (κ2) is 8.06. The SMILES string of the molecule is COC(=O)CC[C@H]1CNc2cc(NC(=O)OC(C)(C)C(F)(F)F)ccc2C1. The van der Waals surface area contributed by atoms with Crippen molar-refractivity contribution in [2.75, 3.05) is 24.3 Å². The molecule has 1 aromatic rings. The highest BCUT2D eigenvalue weighted by Crippen LogP contribution is 2.34. The largest absolute Gasteiger partial charge is 0.469 e. The Kier molecular flexibility index (Phi) is 6.22. The Hall–Kier alpha value is -2.45. The van der Waals surface area contributed by atoms with Crippen LogP contribution >= 0.6 is 0 Å². The molecule has 0 unspecified atom stereocenters. The molecule has 1 aliphatic rings. The molecule has 0 fully saturated rings. The first-order chi connectivity index (χ1) is 12.5. The smallest absolute Gasteiger partial charge is 0.427 e. The van der Waals surface area contributed by atoms with Gasteiger partial charge in [-0.2, -0.15) is 13.2 Å². The lowest BCUT2D eigenvalue weighted by molar-refractivity contribution is -0.242. The highest BCUT2D eigenvalue weighted by atomic mass is 19.4. The Morgan fingerprint density at radius 3 is 2.63 bits per heavy atom. The third kappa shape index (κ3) is 5.51. The number of carbonyl (C=O) groups is 2. The fraction of sp³-hybridized carbons (Fsp3) is 0.556. The molecule has 0 saturated carbocycles. The molecule has 150 valence electrons. The van der Waals surface area contributed by atoms with Crippen LogP contribution < -0.4 is 10.6 Å². The molecule has 27 heavy (non-hydrogen) atoms. The van der Waals surface area contributed by atoms with Crippen molar-refractivity contribution in [3.63, 3.8) is 0 Å². The van der Waals surface area contributed by atoms with E-state index in [4.69, 9.17) is 0 Å². The van der Waals surface area contributed by atoms with Crippen LogP contribution in [0.1, 0.15) is 32.3 Å². The van der Waals surface area contributed by atoms with E-state index in [1.165, 1.54) is 7.11 Å². The number of methoxy groups -OCH3 is 1. The monoisotopic (exact) mass is 388 g/mol. The van der Waals surface area contributed by atoms with Gasteiger partial charge >= 0.3 is 18.2 Å². The summed E-state index contributed by atoms with van der Waals surface area (Å²) in [6.45, 7) is 2.23. The van der Waals surface area contributed by atoms with Gasteiger partial charge in [-0.25, -0.2) is 4.79 Å². The second-order valence-electron chi connectivity index (χ2n) is 6.96. The molecule has 9 heteroatoms. The number of hydrogen-bond donors (Lipinski definition) is 2. The summed E-state index contributed by atoms with van der Waals surface area (Å²) in [5.41, 5.74) is -0.462. The zero-order valence-corrected chi connectivity index (χ0v) is 15.4. The molecule has 0 aromatic heterocycles. The number of nitrogens with one attached hydrogen (secondary N) is 2. The van der Waals surface area contributed by atoms with Crippen molar-refractivity contribution in [2.45, 2.75) is 44.9 Å². The standard InChI is InChI=1S/C18H23F3N2O4/c1-17(2,18(19,20)21)27-16(25)23-13-6-5-12-8-11(4-7-15(24)26-3)10-22-14(12)9-13/h5-6,9,11,22H,4,7-8,10H2,1-3H3,(H,23,25)/t11-/m1/s1. The minimum atomic E-state index is -4.67. The normalized spacial score (nSPS) is 16.7. The van der Waals surface area contributed by atoms with Gasteiger partial charge in [-0.3, -0.25) is 10.1 Å². The fourth-order valence-electron chi connectivity index (χ4n) is 2.70. The zero-order valence-electron chi connectivity index (χ0n) is 15.4. The summed E-state index contributed by atoms with van der Waals surface area (Å²) in [6, 6.07) is 5.04. The van der Waals surface area contributed by atoms with Crippen LogP contribution in [0.4, 0.5) is 29.3 Å². The topological polar surface area (TPSA) is 76.7 Å². The summed E-state index contributed by atoms with van der Waals surface area (Å²) in [4.78, 5) is 23.0. The summed E-state index contributed by atoms with van der Waals surface area (Å²) in [5.74, 6) is 0.0218. The van der Waals surface area contributed by atoms with E-state index < -0.39 is 17.9 Å². The first-order valence-electron chi connectivity index (χ1n) is 8.52. The number of rotatable bonds is 5. The van der Waals surface area contributed by atoms with Crippen LogP contribution in [0.25, 0.3) is 0 Å². The highest BCUT2D eigenvalue weighted by Gasteiger charge is 2.50. The molecule has 0 radical (unpaired) electrons. The van der Waals surface area contributed by atoms with Gasteiger partial charge in [-0.15, -0.1) is 0 Å². The lowest BCUT2D eigenvalue weighted by Gasteiger charge is -2.28. The van der Waals surface area contributed by atoms with E-state index in [1.54, 1.807) is 18.2 Å². The number of carbonyl (C=O) groups excluding carboxylic acids is 2. The lowest BCUT2D eigenvalue weighted by atomic mass is 9.90. The Labute approximate surface area is 155 Å². The summed E-state index contributed by atoms with van der Waals surface area (Å²) < 4.78 is 47.5. The Morgan fingerprint density at radius 1 is 1.30 bits per heavy atom. The number of amides is 1. The quantitative estimate of drug-likeness (QED) is 0.743. The molecule has 1 aliphatic heterocycles. The van der Waals surface area contributed by atoms with Crippen LogP contribution in [-0.4, -0.2) is 37.5 Å². The zero-order chi connectivity index (χ0) is 20.2. The first kappa shape index (κ1) is 20.9. The molecule has 0 saturated heterocycles. The molecule has 1 amide bonds. The van der Waals surface area contributed by atoms with Crippen LogP contribution in [0.15, 0.2) is 18.2 Å². The summed E-state index contributed by atoms with van der Waals surface area (Å²) in [7, 11) is 1.35. The van der Waals surface area contributed by atoms with Gasteiger partial charge in [-0.1, -0.05) is 6.07 Å². The number of esters is 1. The number of benzene rings is 1. The molecule has 2 N–H and O–H groups in total. The number of alkyl halides is 3. The molecule has 1 aromatic carbocycles. The van der Waals surface area contributed by atoms with Gasteiger partial charge in [0.25, 0.3) is 0 Å². The summed E-state index contributed by atoms with van der Waals surface area (Å²) in [6.07, 6.45) is -4.05. The van der Waals surface area contributed by atoms with Crippen LogP contribution in [0.3, 0.4) is 0 Å². The summed E-state index contributed by atoms with van der Waals surface area (Å²) in [5, 5.41) is 5.53. The van der Waals surface area contributed by atoms with E-state index >= 15 is 0 Å². The number of fused-ring (bicyclic) bond motifs is 1. The number of hydrogen-bond acceptors (Lipinski definition) is 5. The third-order valence-corrected chi connectivity index (χ3v) is 4.46. The predicted octanol–water partition coefficient (Wildman–Crippen LogP) is 4.11. The van der Waals surface area contributed by atoms with E-state index in [9.17, 15) is 22.8 Å². The van der Waals surface area contributed by atoms with Gasteiger partial charge in [0.2, 0.25) is 5.60 Å². The molecule has 6 nitrogen and oxygen atoms in total. The van der Waals surface area contributed by atoms with Gasteiger partial charge in [0, 0.05) is 24.3 Å². The minimum absolute atomic E-state index is 0.249. The molecular formula is C18H23F3N2O4. The average molecular weight is 388 g/mol. The molecule has 0 bridgehead atoms. The van der Waals surface area contributed by atoms with E-state index in [2.05, 4.69) is 20.1 Å². The molecule has 2 rings (SSSR count). The molecule has 1 atom stereocenters. The van der Waals surface area contributed by atoms with E-state index in [0.717, 1.165) is 31.5 Å². The van der Waals surface area contributed by atoms with Crippen molar-refractivity contribution in [3.05, 3.63) is 23.8 Å². The van der Waals surface area contributed by atoms with Crippen LogP contribution in [0, 0.1) is 5.92 Å². The Morgan fingerprint density at radius 2 is 2.00 bits per heavy atom. The maximum Gasteiger partial charge on any atom is 0.427 e. The Balaban J connectivity index is 1.95. The predicted molar refractivity (Wildman–Crippen MR) is 93.6 cm³/mol. The van der Waals surface area contributed by atoms with Crippen molar-refractivity contribution >= 4 is 23.4 Å². The van der Waals surface area contributed by atoms with Gasteiger partial charge in [0.15, 0.2) is 0 Å². The second-order valence-corrected chi connectivity index (χ2v) is 6.96. The number of halogens is 3. The molecular weight excluding hydrogens is 365 g/mol. The van der Waals surface area contributed by atoms with Crippen molar-refractivity contribution in [1.82, 2.24) is 0 Å². The highest BCUT2D eigenvalue weighted by molar-refractivity contribution is 5.86. The van der Waals surface area contributed by atoms with Gasteiger partial charge in [0.1, 0.15) is 0 Å². The maximum atomic E-state index is 12.8. The lowest BCUT2D eigenvalue weighted by Crippen LogP contribution is -2.44. The van der Waals surface area contributed by atoms with E-state index in [-0.39, 0.29) is 11.9 Å². The average Bonchev–Trinajstić information content (AvgIpc) is 2.57. The minimum Gasteiger partial charge on any atom is -0.469 e. The Bertz CT molecular complexity index is 704. The van der Waals surface area contributed by atoms with E-state index in [0.29, 0.717) is 25.1 Å². The van der Waals surface area contributed by atoms with Crippen LogP contribution in [0.2, 0.25) is 0 Å². The molecule has 1 heterocycles. The van der Waals surface area contributed by atoms with Gasteiger partial charge in [0.05, 0.1) is 7.11 Å². The van der Waals surface area contributed by atoms with Gasteiger partial charge in [-0.05, 0) is 50.3 Å². The van der Waals surface area contributed by atoms with E-state index in [1.807, 2.05) is 0 Å². The molecule has 0 aliphatic carbocycles. The maximum absolute atomic E-state index is 12.8. The summed E-state index contributed by atoms with van der Waals surface area (Å²) >= 11 is 0. The van der Waals surface area contributed by atoms with Crippen molar-refractivity contribution in [1.29, 1.82) is 0 Å². The third-order valence-electron chi connectivity index (χ3n) is 4.46. The van der Waals surface area contributed by atoms with Crippen molar-refractivity contribution in [2.24, 2.45) is 5.92 Å². The van der Waals surface area contributed by atoms with Crippen molar-refractivity contribution < 1.29 is 32.2 Å².